The number of halogens is 3. The Labute approximate surface area is 143 Å². The average Bonchev–Trinajstić information content (AvgIpc) is 2.45. The van der Waals surface area contributed by atoms with Crippen LogP contribution in [0.25, 0.3) is 0 Å². The minimum atomic E-state index is -3.01. The first-order valence-corrected chi connectivity index (χ1v) is 8.37. The number of piperidine rings is 1. The van der Waals surface area contributed by atoms with Crippen LogP contribution < -0.4 is 0 Å². The van der Waals surface area contributed by atoms with E-state index in [-0.39, 0.29) is 31.6 Å². The van der Waals surface area contributed by atoms with Gasteiger partial charge in [0.25, 0.3) is 5.92 Å². The number of aromatic nitrogens is 1. The molecule has 1 aliphatic rings. The minimum Gasteiger partial charge on any atom is -0.444 e. The predicted molar refractivity (Wildman–Crippen MR) is 86.4 cm³/mol. The minimum absolute atomic E-state index is 0.223. The van der Waals surface area contributed by atoms with Crippen molar-refractivity contribution in [3.8, 4) is 0 Å². The van der Waals surface area contributed by atoms with Crippen LogP contribution in [0.4, 0.5) is 13.6 Å². The van der Waals surface area contributed by atoms with Crippen molar-refractivity contribution in [3.05, 3.63) is 28.5 Å². The Hall–Kier alpha value is -1.24. The number of ether oxygens (including phenoxy) is 1. The van der Waals surface area contributed by atoms with Gasteiger partial charge in [0, 0.05) is 19.0 Å². The molecule has 0 N–H and O–H groups in total. The molecule has 1 aromatic heterocycles. The number of likely N-dealkylation sites (tertiary alicyclic amines) is 1. The summed E-state index contributed by atoms with van der Waals surface area (Å²) in [6.07, 6.45) is 0.000724. The number of nitrogens with zero attached hydrogens (tertiary/aromatic N) is 2. The molecule has 0 aliphatic carbocycles. The van der Waals surface area contributed by atoms with E-state index in [4.69, 9.17) is 4.74 Å². The molecule has 1 saturated heterocycles. The first kappa shape index (κ1) is 18.1. The molecule has 0 spiro atoms. The molecular formula is C16H21BrF2N2O2. The highest BCUT2D eigenvalue weighted by Gasteiger charge is 2.44. The Morgan fingerprint density at radius 2 is 1.91 bits per heavy atom. The van der Waals surface area contributed by atoms with Crippen molar-refractivity contribution >= 4 is 22.0 Å². The van der Waals surface area contributed by atoms with Crippen LogP contribution >= 0.6 is 15.9 Å². The second kappa shape index (κ2) is 6.71. The molecule has 7 heteroatoms. The van der Waals surface area contributed by atoms with Crippen molar-refractivity contribution in [2.24, 2.45) is 5.92 Å². The van der Waals surface area contributed by atoms with Crippen LogP contribution in [0.1, 0.15) is 39.3 Å². The summed E-state index contributed by atoms with van der Waals surface area (Å²) in [4.78, 5) is 17.4. The molecule has 1 aromatic rings. The van der Waals surface area contributed by atoms with Gasteiger partial charge in [-0.2, -0.15) is 8.78 Å². The maximum atomic E-state index is 14.6. The monoisotopic (exact) mass is 390 g/mol. The number of carbonyl (C=O) groups excluding carboxylic acids is 1. The van der Waals surface area contributed by atoms with E-state index in [0.29, 0.717) is 4.60 Å². The molecule has 128 valence electrons. The van der Waals surface area contributed by atoms with Crippen molar-refractivity contribution < 1.29 is 18.3 Å². The van der Waals surface area contributed by atoms with E-state index in [0.717, 1.165) is 0 Å². The molecular weight excluding hydrogens is 370 g/mol. The van der Waals surface area contributed by atoms with Gasteiger partial charge in [-0.05, 0) is 61.7 Å². The zero-order valence-electron chi connectivity index (χ0n) is 13.5. The Kier molecular flexibility index (Phi) is 5.28. The Balaban J connectivity index is 1.99. The van der Waals surface area contributed by atoms with Crippen molar-refractivity contribution in [3.63, 3.8) is 0 Å². The third-order valence-electron chi connectivity index (χ3n) is 3.72. The summed E-state index contributed by atoms with van der Waals surface area (Å²) in [5.74, 6) is -3.84. The van der Waals surface area contributed by atoms with Crippen LogP contribution in [0, 0.1) is 5.92 Å². The van der Waals surface area contributed by atoms with E-state index in [1.54, 1.807) is 32.9 Å². The quantitative estimate of drug-likeness (QED) is 0.693. The number of hydrogen-bond acceptors (Lipinski definition) is 3. The molecule has 0 aromatic carbocycles. The van der Waals surface area contributed by atoms with Gasteiger partial charge < -0.3 is 9.64 Å². The van der Waals surface area contributed by atoms with E-state index >= 15 is 0 Å². The van der Waals surface area contributed by atoms with Crippen molar-refractivity contribution in [2.75, 3.05) is 13.1 Å². The first-order chi connectivity index (χ1) is 10.6. The molecule has 0 unspecified atom stereocenters. The highest BCUT2D eigenvalue weighted by Crippen LogP contribution is 2.41. The fourth-order valence-corrected chi connectivity index (χ4v) is 2.90. The van der Waals surface area contributed by atoms with Crippen LogP contribution in [0.5, 0.6) is 0 Å². The van der Waals surface area contributed by atoms with Crippen LogP contribution in [0.3, 0.4) is 0 Å². The van der Waals surface area contributed by atoms with Gasteiger partial charge in [0.15, 0.2) is 0 Å². The normalized spacial score (nSPS) is 17.2. The molecule has 0 atom stereocenters. The predicted octanol–water partition coefficient (Wildman–Crippen LogP) is 4.58. The Morgan fingerprint density at radius 1 is 1.30 bits per heavy atom. The second-order valence-electron chi connectivity index (χ2n) is 6.71. The van der Waals surface area contributed by atoms with E-state index in [2.05, 4.69) is 20.9 Å². The summed E-state index contributed by atoms with van der Waals surface area (Å²) in [5, 5.41) is 0. The number of amides is 1. The smallest absolute Gasteiger partial charge is 0.410 e. The van der Waals surface area contributed by atoms with Crippen molar-refractivity contribution in [1.29, 1.82) is 0 Å². The lowest BCUT2D eigenvalue weighted by atomic mass is 9.88. The molecule has 0 bridgehead atoms. The van der Waals surface area contributed by atoms with Gasteiger partial charge in [0.1, 0.15) is 15.9 Å². The molecule has 1 fully saturated rings. The van der Waals surface area contributed by atoms with Gasteiger partial charge in [-0.15, -0.1) is 0 Å². The summed E-state index contributed by atoms with van der Waals surface area (Å²) in [7, 11) is 0. The van der Waals surface area contributed by atoms with Crippen LogP contribution in [0.2, 0.25) is 0 Å². The molecule has 0 saturated carbocycles. The largest absolute Gasteiger partial charge is 0.444 e. The number of alkyl halides is 2. The highest BCUT2D eigenvalue weighted by atomic mass is 79.9. The van der Waals surface area contributed by atoms with Gasteiger partial charge in [-0.1, -0.05) is 6.07 Å². The Bertz CT molecular complexity index is 567. The van der Waals surface area contributed by atoms with Gasteiger partial charge in [-0.25, -0.2) is 9.78 Å². The number of hydrogen-bond donors (Lipinski definition) is 0. The zero-order valence-corrected chi connectivity index (χ0v) is 15.1. The van der Waals surface area contributed by atoms with Gasteiger partial charge in [0.2, 0.25) is 0 Å². The zero-order chi connectivity index (χ0) is 17.3. The fourth-order valence-electron chi connectivity index (χ4n) is 2.55. The average molecular weight is 391 g/mol. The van der Waals surface area contributed by atoms with Crippen LogP contribution in [-0.2, 0) is 10.7 Å². The highest BCUT2D eigenvalue weighted by molar-refractivity contribution is 9.10. The lowest BCUT2D eigenvalue weighted by Crippen LogP contribution is -2.44. The fraction of sp³-hybridized carbons (Fsp3) is 0.625. The topological polar surface area (TPSA) is 42.4 Å². The molecule has 23 heavy (non-hydrogen) atoms. The van der Waals surface area contributed by atoms with E-state index < -0.39 is 23.5 Å². The van der Waals surface area contributed by atoms with E-state index in [9.17, 15) is 13.6 Å². The number of pyridine rings is 1. The maximum absolute atomic E-state index is 14.6. The third kappa shape index (κ3) is 4.62. The standard InChI is InChI=1S/C16H21BrF2N2O2/c1-15(2,3)23-14(22)21-9-7-11(8-10-21)16(18,19)12-5-4-6-13(17)20-12/h4-6,11H,7-10H2,1-3H3. The second-order valence-corrected chi connectivity index (χ2v) is 7.52. The number of rotatable bonds is 2. The summed E-state index contributed by atoms with van der Waals surface area (Å²) in [6.45, 7) is 5.88. The molecule has 4 nitrogen and oxygen atoms in total. The Morgan fingerprint density at radius 3 is 2.43 bits per heavy atom. The van der Waals surface area contributed by atoms with E-state index in [1.165, 1.54) is 11.0 Å². The molecule has 0 radical (unpaired) electrons. The number of carbonyl (C=O) groups is 1. The summed E-state index contributed by atoms with van der Waals surface area (Å²) in [5.41, 5.74) is -0.819. The van der Waals surface area contributed by atoms with Crippen molar-refractivity contribution in [1.82, 2.24) is 9.88 Å². The molecule has 1 amide bonds. The molecule has 1 aliphatic heterocycles. The lowest BCUT2D eigenvalue weighted by Gasteiger charge is -2.36. The first-order valence-electron chi connectivity index (χ1n) is 7.58. The summed E-state index contributed by atoms with van der Waals surface area (Å²) < 4.78 is 34.9. The van der Waals surface area contributed by atoms with Gasteiger partial charge >= 0.3 is 6.09 Å². The molecule has 2 heterocycles. The van der Waals surface area contributed by atoms with Crippen LogP contribution in [0.15, 0.2) is 22.8 Å². The lowest BCUT2D eigenvalue weighted by molar-refractivity contribution is -0.0895. The van der Waals surface area contributed by atoms with Crippen LogP contribution in [-0.4, -0.2) is 34.7 Å². The summed E-state index contributed by atoms with van der Waals surface area (Å²) in [6, 6.07) is 4.51. The van der Waals surface area contributed by atoms with Gasteiger partial charge in [0.05, 0.1) is 0 Å². The maximum Gasteiger partial charge on any atom is 0.410 e. The SMILES string of the molecule is CC(C)(C)OC(=O)N1CCC(C(F)(F)c2cccc(Br)n2)CC1. The molecule has 2 rings (SSSR count). The van der Waals surface area contributed by atoms with Gasteiger partial charge in [-0.3, -0.25) is 0 Å². The third-order valence-corrected chi connectivity index (χ3v) is 4.16. The van der Waals surface area contributed by atoms with Crippen molar-refractivity contribution in [2.45, 2.75) is 45.1 Å². The van der Waals surface area contributed by atoms with E-state index in [1.807, 2.05) is 0 Å². The summed E-state index contributed by atoms with van der Waals surface area (Å²) >= 11 is 3.12.